The third kappa shape index (κ3) is 2.26. The molecule has 2 N–H and O–H groups in total. The smallest absolute Gasteiger partial charge is 0.202 e. The van der Waals surface area contributed by atoms with Crippen LogP contribution in [0.25, 0.3) is 11.2 Å². The van der Waals surface area contributed by atoms with E-state index in [1.807, 2.05) is 24.6 Å². The molecule has 3 aromatic rings. The van der Waals surface area contributed by atoms with E-state index in [0.717, 1.165) is 23.3 Å². The van der Waals surface area contributed by atoms with Gasteiger partial charge in [-0.15, -0.1) is 0 Å². The molecule has 0 atom stereocenters. The lowest BCUT2D eigenvalue weighted by molar-refractivity contribution is 0.594. The third-order valence-electron chi connectivity index (χ3n) is 3.72. The van der Waals surface area contributed by atoms with Crippen LogP contribution >= 0.6 is 0 Å². The fourth-order valence-electron chi connectivity index (χ4n) is 2.65. The minimum absolute atomic E-state index is 0.188. The number of halogens is 1. The molecule has 0 saturated carbocycles. The highest BCUT2D eigenvalue weighted by Crippen LogP contribution is 2.22. The predicted molar refractivity (Wildman–Crippen MR) is 80.4 cm³/mol. The number of hydrogen-bond acceptors (Lipinski definition) is 3. The minimum atomic E-state index is -0.188. The molecule has 6 heteroatoms. The minimum Gasteiger partial charge on any atom is -0.369 e. The fourth-order valence-corrected chi connectivity index (χ4v) is 2.65. The highest BCUT2D eigenvalue weighted by Gasteiger charge is 2.17. The first kappa shape index (κ1) is 13.6. The van der Waals surface area contributed by atoms with Gasteiger partial charge in [-0.05, 0) is 24.5 Å². The van der Waals surface area contributed by atoms with Gasteiger partial charge in [0, 0.05) is 13.6 Å². The van der Waals surface area contributed by atoms with Crippen molar-refractivity contribution >= 4 is 17.1 Å². The Morgan fingerprint density at radius 3 is 2.76 bits per heavy atom. The Kier molecular flexibility index (Phi) is 3.37. The number of hydrogen-bond donors (Lipinski definition) is 1. The second kappa shape index (κ2) is 5.20. The first-order valence-corrected chi connectivity index (χ1v) is 7.02. The first-order chi connectivity index (χ1) is 10.1. The summed E-state index contributed by atoms with van der Waals surface area (Å²) in [5, 5.41) is 4.45. The van der Waals surface area contributed by atoms with Gasteiger partial charge in [-0.2, -0.15) is 5.10 Å². The quantitative estimate of drug-likeness (QED) is 0.801. The summed E-state index contributed by atoms with van der Waals surface area (Å²) in [6.07, 6.45) is 1.37. The van der Waals surface area contributed by atoms with Gasteiger partial charge in [-0.25, -0.2) is 9.37 Å². The number of nitrogens with zero attached hydrogens (tertiary/aromatic N) is 4. The van der Waals surface area contributed by atoms with E-state index in [0.29, 0.717) is 24.5 Å². The number of aromatic nitrogens is 4. The molecule has 1 aromatic carbocycles. The maximum atomic E-state index is 13.7. The van der Waals surface area contributed by atoms with E-state index >= 15 is 0 Å². The summed E-state index contributed by atoms with van der Waals surface area (Å²) in [6, 6.07) is 6.80. The zero-order chi connectivity index (χ0) is 15.0. The molecule has 0 aliphatic heterocycles. The highest BCUT2D eigenvalue weighted by molar-refractivity contribution is 5.77. The van der Waals surface area contributed by atoms with E-state index < -0.39 is 0 Å². The van der Waals surface area contributed by atoms with Gasteiger partial charge in [0.2, 0.25) is 5.95 Å². The number of benzene rings is 1. The normalized spacial score (nSPS) is 11.4. The van der Waals surface area contributed by atoms with Gasteiger partial charge in [0.25, 0.3) is 0 Å². The van der Waals surface area contributed by atoms with E-state index in [9.17, 15) is 4.39 Å². The summed E-state index contributed by atoms with van der Waals surface area (Å²) in [6.45, 7) is 2.61. The number of aryl methyl sites for hydroxylation is 4. The standard InChI is InChI=1S/C15H18FN5/c1-3-12-13-14(20(2)19-12)21(15(17)18-13)9-8-10-6-4-5-7-11(10)16/h4-7H,3,8-9H2,1-2H3,(H2,17,18). The summed E-state index contributed by atoms with van der Waals surface area (Å²) >= 11 is 0. The lowest BCUT2D eigenvalue weighted by Crippen LogP contribution is -2.09. The van der Waals surface area contributed by atoms with Crippen molar-refractivity contribution in [3.63, 3.8) is 0 Å². The molecule has 5 nitrogen and oxygen atoms in total. The van der Waals surface area contributed by atoms with E-state index in [1.165, 1.54) is 6.07 Å². The third-order valence-corrected chi connectivity index (χ3v) is 3.72. The van der Waals surface area contributed by atoms with Crippen molar-refractivity contribution in [2.24, 2.45) is 7.05 Å². The molecule has 0 spiro atoms. The molecule has 2 heterocycles. The monoisotopic (exact) mass is 287 g/mol. The molecule has 21 heavy (non-hydrogen) atoms. The number of rotatable bonds is 4. The summed E-state index contributed by atoms with van der Waals surface area (Å²) in [7, 11) is 1.88. The maximum Gasteiger partial charge on any atom is 0.202 e. The van der Waals surface area contributed by atoms with Crippen LogP contribution < -0.4 is 5.73 Å². The number of anilines is 1. The van der Waals surface area contributed by atoms with E-state index in [-0.39, 0.29) is 5.82 Å². The summed E-state index contributed by atoms with van der Waals surface area (Å²) in [5.41, 5.74) is 9.35. The van der Waals surface area contributed by atoms with Crippen LogP contribution in [0.2, 0.25) is 0 Å². The summed E-state index contributed by atoms with van der Waals surface area (Å²) < 4.78 is 17.4. The van der Waals surface area contributed by atoms with Crippen LogP contribution in [0.3, 0.4) is 0 Å². The second-order valence-electron chi connectivity index (χ2n) is 5.06. The summed E-state index contributed by atoms with van der Waals surface area (Å²) in [5.74, 6) is 0.260. The Morgan fingerprint density at radius 1 is 1.29 bits per heavy atom. The second-order valence-corrected chi connectivity index (χ2v) is 5.06. The van der Waals surface area contributed by atoms with Crippen molar-refractivity contribution in [1.29, 1.82) is 0 Å². The molecule has 0 saturated heterocycles. The van der Waals surface area contributed by atoms with Crippen molar-refractivity contribution in [1.82, 2.24) is 19.3 Å². The highest BCUT2D eigenvalue weighted by atomic mass is 19.1. The van der Waals surface area contributed by atoms with Gasteiger partial charge >= 0.3 is 0 Å². The van der Waals surface area contributed by atoms with E-state index in [2.05, 4.69) is 10.1 Å². The molecular weight excluding hydrogens is 269 g/mol. The molecule has 3 rings (SSSR count). The largest absolute Gasteiger partial charge is 0.369 e. The number of imidazole rings is 1. The van der Waals surface area contributed by atoms with E-state index in [4.69, 9.17) is 5.73 Å². The number of nitrogens with two attached hydrogens (primary N) is 1. The van der Waals surface area contributed by atoms with Crippen molar-refractivity contribution < 1.29 is 4.39 Å². The van der Waals surface area contributed by atoms with Crippen LogP contribution in [0.15, 0.2) is 24.3 Å². The zero-order valence-corrected chi connectivity index (χ0v) is 12.2. The fraction of sp³-hybridized carbons (Fsp3) is 0.333. The molecule has 2 aromatic heterocycles. The van der Waals surface area contributed by atoms with Gasteiger partial charge in [0.1, 0.15) is 11.3 Å². The van der Waals surface area contributed by atoms with Gasteiger partial charge in [-0.3, -0.25) is 9.25 Å². The molecule has 0 aliphatic rings. The molecule has 0 amide bonds. The lowest BCUT2D eigenvalue weighted by atomic mass is 10.1. The van der Waals surface area contributed by atoms with Crippen molar-refractivity contribution in [2.45, 2.75) is 26.3 Å². The average molecular weight is 287 g/mol. The van der Waals surface area contributed by atoms with Crippen LogP contribution in [0.5, 0.6) is 0 Å². The molecule has 0 radical (unpaired) electrons. The van der Waals surface area contributed by atoms with Gasteiger partial charge < -0.3 is 5.73 Å². The van der Waals surface area contributed by atoms with Gasteiger partial charge in [0.15, 0.2) is 5.65 Å². The molecule has 110 valence electrons. The maximum absolute atomic E-state index is 13.7. The summed E-state index contributed by atoms with van der Waals surface area (Å²) in [4.78, 5) is 4.40. The predicted octanol–water partition coefficient (Wildman–Crippen LogP) is 2.30. The SMILES string of the molecule is CCc1nn(C)c2c1nc(N)n2CCc1ccccc1F. The van der Waals surface area contributed by atoms with Crippen molar-refractivity contribution in [3.05, 3.63) is 41.3 Å². The van der Waals surface area contributed by atoms with Gasteiger partial charge in [-0.1, -0.05) is 25.1 Å². The Hall–Kier alpha value is -2.37. The van der Waals surface area contributed by atoms with Crippen molar-refractivity contribution in [2.75, 3.05) is 5.73 Å². The van der Waals surface area contributed by atoms with E-state index in [1.54, 1.807) is 16.8 Å². The van der Waals surface area contributed by atoms with Crippen LogP contribution in [0.1, 0.15) is 18.2 Å². The topological polar surface area (TPSA) is 61.7 Å². The average Bonchev–Trinajstić information content (AvgIpc) is 2.95. The molecule has 0 bridgehead atoms. The van der Waals surface area contributed by atoms with Crippen LogP contribution in [-0.4, -0.2) is 19.3 Å². The van der Waals surface area contributed by atoms with Crippen LogP contribution in [0, 0.1) is 5.82 Å². The Labute approximate surface area is 122 Å². The molecule has 0 fully saturated rings. The Balaban J connectivity index is 1.96. The molecular formula is C15H18FN5. The Morgan fingerprint density at radius 2 is 2.05 bits per heavy atom. The molecule has 0 unspecified atom stereocenters. The number of nitrogen functional groups attached to an aromatic ring is 1. The van der Waals surface area contributed by atoms with Gasteiger partial charge in [0.05, 0.1) is 5.69 Å². The first-order valence-electron chi connectivity index (χ1n) is 7.02. The van der Waals surface area contributed by atoms with Crippen LogP contribution in [-0.2, 0) is 26.4 Å². The number of fused-ring (bicyclic) bond motifs is 1. The zero-order valence-electron chi connectivity index (χ0n) is 12.2. The lowest BCUT2D eigenvalue weighted by Gasteiger charge is -2.07. The Bertz CT molecular complexity index is 787. The van der Waals surface area contributed by atoms with Crippen molar-refractivity contribution in [3.8, 4) is 0 Å². The van der Waals surface area contributed by atoms with Crippen LogP contribution in [0.4, 0.5) is 10.3 Å². The molecule has 0 aliphatic carbocycles.